The fourth-order valence-corrected chi connectivity index (χ4v) is 2.62. The average molecular weight is 316 g/mol. The van der Waals surface area contributed by atoms with Gasteiger partial charge in [-0.2, -0.15) is 0 Å². The largest absolute Gasteiger partial charge is 0.467 e. The molecule has 0 spiro atoms. The Morgan fingerprint density at radius 2 is 1.92 bits per heavy atom. The van der Waals surface area contributed by atoms with Crippen LogP contribution in [-0.4, -0.2) is 15.0 Å². The van der Waals surface area contributed by atoms with E-state index in [1.54, 1.807) is 18.7 Å². The molecular weight excluding hydrogens is 300 g/mol. The number of aromatic nitrogens is 3. The highest BCUT2D eigenvalue weighted by Gasteiger charge is 2.13. The molecule has 1 N–H and O–H groups in total. The van der Waals surface area contributed by atoms with Gasteiger partial charge in [-0.1, -0.05) is 12.1 Å². The molecule has 3 aromatic heterocycles. The van der Waals surface area contributed by atoms with Crippen molar-refractivity contribution in [3.8, 4) is 11.4 Å². The van der Waals surface area contributed by atoms with Gasteiger partial charge in [0.05, 0.1) is 17.8 Å². The van der Waals surface area contributed by atoms with Gasteiger partial charge < -0.3 is 9.73 Å². The molecule has 0 radical (unpaired) electrons. The van der Waals surface area contributed by atoms with Crippen molar-refractivity contribution < 1.29 is 4.42 Å². The van der Waals surface area contributed by atoms with Gasteiger partial charge in [0.15, 0.2) is 5.82 Å². The Labute approximate surface area is 139 Å². The van der Waals surface area contributed by atoms with Crippen LogP contribution in [0.5, 0.6) is 0 Å². The topological polar surface area (TPSA) is 63.8 Å². The van der Waals surface area contributed by atoms with Crippen molar-refractivity contribution in [2.75, 3.05) is 5.32 Å². The van der Waals surface area contributed by atoms with Gasteiger partial charge in [0, 0.05) is 23.3 Å². The number of nitrogens with zero attached hydrogens (tertiary/aromatic N) is 3. The number of hydrogen-bond donors (Lipinski definition) is 1. The Morgan fingerprint density at radius 3 is 2.71 bits per heavy atom. The number of furan rings is 1. The highest BCUT2D eigenvalue weighted by Crippen LogP contribution is 2.27. The standard InChI is InChI=1S/C19H16N4O/c1-13(17-9-5-11-24-17)21-19-15-7-2-3-8-16(15)22-18(23-19)14-6-4-10-20-12-14/h2-13H,1H3,(H,21,22,23). The summed E-state index contributed by atoms with van der Waals surface area (Å²) in [6.45, 7) is 2.04. The Kier molecular flexibility index (Phi) is 3.67. The number of anilines is 1. The van der Waals surface area contributed by atoms with E-state index in [0.717, 1.165) is 28.0 Å². The Bertz CT molecular complexity index is 952. The summed E-state index contributed by atoms with van der Waals surface area (Å²) in [4.78, 5) is 13.5. The zero-order valence-corrected chi connectivity index (χ0v) is 13.2. The van der Waals surface area contributed by atoms with Crippen LogP contribution < -0.4 is 5.32 Å². The van der Waals surface area contributed by atoms with Crippen molar-refractivity contribution in [1.82, 2.24) is 15.0 Å². The van der Waals surface area contributed by atoms with Gasteiger partial charge in [-0.05, 0) is 43.3 Å². The van der Waals surface area contributed by atoms with E-state index in [2.05, 4.69) is 15.3 Å². The molecule has 4 aromatic rings. The van der Waals surface area contributed by atoms with Crippen LogP contribution in [0.3, 0.4) is 0 Å². The molecule has 0 aliphatic rings. The summed E-state index contributed by atoms with van der Waals surface area (Å²) in [5, 5.41) is 4.41. The predicted octanol–water partition coefficient (Wildman–Crippen LogP) is 4.46. The quantitative estimate of drug-likeness (QED) is 0.602. The van der Waals surface area contributed by atoms with E-state index in [9.17, 15) is 0 Å². The molecule has 118 valence electrons. The molecule has 0 aliphatic heterocycles. The Balaban J connectivity index is 1.81. The summed E-state index contributed by atoms with van der Waals surface area (Å²) >= 11 is 0. The molecule has 0 aliphatic carbocycles. The van der Waals surface area contributed by atoms with Crippen molar-refractivity contribution in [3.05, 3.63) is 72.9 Å². The third kappa shape index (κ3) is 2.72. The second-order valence-electron chi connectivity index (χ2n) is 5.54. The van der Waals surface area contributed by atoms with E-state index < -0.39 is 0 Å². The highest BCUT2D eigenvalue weighted by atomic mass is 16.3. The first-order valence-electron chi connectivity index (χ1n) is 7.78. The number of para-hydroxylation sites is 1. The summed E-state index contributed by atoms with van der Waals surface area (Å²) in [6, 6.07) is 15.6. The van der Waals surface area contributed by atoms with E-state index in [-0.39, 0.29) is 6.04 Å². The molecule has 24 heavy (non-hydrogen) atoms. The van der Waals surface area contributed by atoms with Gasteiger partial charge >= 0.3 is 0 Å². The van der Waals surface area contributed by atoms with Gasteiger partial charge in [-0.3, -0.25) is 4.98 Å². The minimum atomic E-state index is 0.0000504. The third-order valence-corrected chi connectivity index (χ3v) is 3.85. The molecule has 3 heterocycles. The molecule has 5 nitrogen and oxygen atoms in total. The zero-order chi connectivity index (χ0) is 16.4. The molecule has 0 saturated carbocycles. The predicted molar refractivity (Wildman–Crippen MR) is 93.5 cm³/mol. The number of rotatable bonds is 4. The molecule has 4 rings (SSSR count). The summed E-state index contributed by atoms with van der Waals surface area (Å²) in [7, 11) is 0. The van der Waals surface area contributed by atoms with Crippen LogP contribution in [-0.2, 0) is 0 Å². The number of fused-ring (bicyclic) bond motifs is 1. The first-order valence-corrected chi connectivity index (χ1v) is 7.78. The molecule has 1 unspecified atom stereocenters. The van der Waals surface area contributed by atoms with Gasteiger partial charge in [0.25, 0.3) is 0 Å². The minimum absolute atomic E-state index is 0.0000504. The van der Waals surface area contributed by atoms with Gasteiger partial charge in [-0.15, -0.1) is 0 Å². The van der Waals surface area contributed by atoms with E-state index in [0.29, 0.717) is 5.82 Å². The average Bonchev–Trinajstić information content (AvgIpc) is 3.17. The summed E-state index contributed by atoms with van der Waals surface area (Å²) in [5.74, 6) is 2.29. The maximum atomic E-state index is 5.48. The monoisotopic (exact) mass is 316 g/mol. The van der Waals surface area contributed by atoms with Crippen molar-refractivity contribution >= 4 is 16.7 Å². The fraction of sp³-hybridized carbons (Fsp3) is 0.105. The molecule has 0 bridgehead atoms. The number of pyridine rings is 1. The number of nitrogens with one attached hydrogen (secondary N) is 1. The van der Waals surface area contributed by atoms with Gasteiger partial charge in [-0.25, -0.2) is 9.97 Å². The normalized spacial score (nSPS) is 12.2. The van der Waals surface area contributed by atoms with Crippen LogP contribution in [0.1, 0.15) is 18.7 Å². The van der Waals surface area contributed by atoms with Gasteiger partial charge in [0.1, 0.15) is 11.6 Å². The van der Waals surface area contributed by atoms with Gasteiger partial charge in [0.2, 0.25) is 0 Å². The molecular formula is C19H16N4O. The third-order valence-electron chi connectivity index (χ3n) is 3.85. The molecule has 0 saturated heterocycles. The van der Waals surface area contributed by atoms with Crippen LogP contribution in [0.15, 0.2) is 71.6 Å². The van der Waals surface area contributed by atoms with Crippen LogP contribution >= 0.6 is 0 Å². The summed E-state index contributed by atoms with van der Waals surface area (Å²) in [5.41, 5.74) is 1.78. The Morgan fingerprint density at radius 1 is 1.00 bits per heavy atom. The lowest BCUT2D eigenvalue weighted by Gasteiger charge is -2.15. The number of hydrogen-bond acceptors (Lipinski definition) is 5. The highest BCUT2D eigenvalue weighted by molar-refractivity contribution is 5.90. The first-order chi connectivity index (χ1) is 11.8. The van der Waals surface area contributed by atoms with Crippen LogP contribution in [0, 0.1) is 0 Å². The lowest BCUT2D eigenvalue weighted by atomic mass is 10.2. The van der Waals surface area contributed by atoms with Crippen molar-refractivity contribution in [1.29, 1.82) is 0 Å². The van der Waals surface area contributed by atoms with Crippen LogP contribution in [0.25, 0.3) is 22.3 Å². The summed E-state index contributed by atoms with van der Waals surface area (Å²) in [6.07, 6.45) is 5.18. The molecule has 0 amide bonds. The fourth-order valence-electron chi connectivity index (χ4n) is 2.62. The maximum Gasteiger partial charge on any atom is 0.163 e. The maximum absolute atomic E-state index is 5.48. The molecule has 5 heteroatoms. The molecule has 1 aromatic carbocycles. The SMILES string of the molecule is CC(Nc1nc(-c2cccnc2)nc2ccccc12)c1ccco1. The van der Waals surface area contributed by atoms with E-state index >= 15 is 0 Å². The number of benzene rings is 1. The van der Waals surface area contributed by atoms with Crippen molar-refractivity contribution in [3.63, 3.8) is 0 Å². The van der Waals surface area contributed by atoms with Crippen LogP contribution in [0.4, 0.5) is 5.82 Å². The lowest BCUT2D eigenvalue weighted by molar-refractivity contribution is 0.490. The van der Waals surface area contributed by atoms with E-state index in [4.69, 9.17) is 9.40 Å². The molecule has 1 atom stereocenters. The zero-order valence-electron chi connectivity index (χ0n) is 13.2. The van der Waals surface area contributed by atoms with Crippen molar-refractivity contribution in [2.45, 2.75) is 13.0 Å². The van der Waals surface area contributed by atoms with Crippen molar-refractivity contribution in [2.24, 2.45) is 0 Å². The Hall–Kier alpha value is -3.21. The molecule has 0 fully saturated rings. The first kappa shape index (κ1) is 14.4. The smallest absolute Gasteiger partial charge is 0.163 e. The summed E-state index contributed by atoms with van der Waals surface area (Å²) < 4.78 is 5.48. The minimum Gasteiger partial charge on any atom is -0.467 e. The van der Waals surface area contributed by atoms with Crippen LogP contribution in [0.2, 0.25) is 0 Å². The second kappa shape index (κ2) is 6.12. The second-order valence-corrected chi connectivity index (χ2v) is 5.54. The van der Waals surface area contributed by atoms with E-state index in [1.807, 2.05) is 55.5 Å². The van der Waals surface area contributed by atoms with E-state index in [1.165, 1.54) is 0 Å². The lowest BCUT2D eigenvalue weighted by Crippen LogP contribution is -2.08.